The molecule has 0 saturated carbocycles. The minimum Gasteiger partial charge on any atom is -0.478 e. The summed E-state index contributed by atoms with van der Waals surface area (Å²) in [5, 5.41) is 8.53. The van der Waals surface area contributed by atoms with Gasteiger partial charge >= 0.3 is 18.1 Å². The summed E-state index contributed by atoms with van der Waals surface area (Å²) in [6, 6.07) is 2.25. The van der Waals surface area contributed by atoms with Gasteiger partial charge in [0.15, 0.2) is 0 Å². The first-order valence-electron chi connectivity index (χ1n) is 4.52. The number of hydrogen-bond donors (Lipinski definition) is 1. The Balaban J connectivity index is 3.09. The van der Waals surface area contributed by atoms with Gasteiger partial charge in [0.25, 0.3) is 0 Å². The molecule has 1 aromatic carbocycles. The third kappa shape index (κ3) is 2.76. The van der Waals surface area contributed by atoms with Crippen LogP contribution >= 0.6 is 0 Å². The first kappa shape index (κ1) is 13.9. The number of hydrogen-bond acceptors (Lipinski definition) is 2. The minimum absolute atomic E-state index is 0.189. The zero-order chi connectivity index (χ0) is 14.1. The highest BCUT2D eigenvalue weighted by Crippen LogP contribution is 2.24. The number of nitrogens with zero attached hydrogens (tertiary/aromatic N) is 1. The fraction of sp³-hybridized carbons (Fsp3) is 0.200. The molecule has 18 heavy (non-hydrogen) atoms. The molecule has 0 aliphatic heterocycles. The quantitative estimate of drug-likeness (QED) is 0.832. The molecule has 0 aliphatic rings. The van der Waals surface area contributed by atoms with Crippen LogP contribution < -0.4 is 4.90 Å². The van der Waals surface area contributed by atoms with Crippen LogP contribution in [0, 0.1) is 5.82 Å². The Bertz CT molecular complexity index is 498. The molecule has 0 fully saturated rings. The number of carbonyl (C=O) groups excluding carboxylic acids is 1. The highest BCUT2D eigenvalue weighted by molar-refractivity contribution is 5.97. The van der Waals surface area contributed by atoms with E-state index < -0.39 is 29.4 Å². The molecule has 1 aromatic rings. The van der Waals surface area contributed by atoms with Gasteiger partial charge in [0.1, 0.15) is 5.82 Å². The van der Waals surface area contributed by atoms with Crippen LogP contribution in [0.3, 0.4) is 0 Å². The molecule has 4 nitrogen and oxygen atoms in total. The topological polar surface area (TPSA) is 57.6 Å². The van der Waals surface area contributed by atoms with E-state index in [1.54, 1.807) is 0 Å². The fourth-order valence-electron chi connectivity index (χ4n) is 1.19. The monoisotopic (exact) mass is 265 g/mol. The number of alkyl halides is 3. The van der Waals surface area contributed by atoms with Gasteiger partial charge in [-0.25, -0.2) is 9.18 Å². The van der Waals surface area contributed by atoms with Crippen LogP contribution in [0.15, 0.2) is 18.2 Å². The SMILES string of the molecule is CN(C(=O)C(F)(F)F)c1ccc(C(=O)O)c(F)c1. The first-order chi connectivity index (χ1) is 8.14. The number of carboxylic acid groups (broad SMARTS) is 1. The van der Waals surface area contributed by atoms with E-state index in [0.29, 0.717) is 6.07 Å². The lowest BCUT2D eigenvalue weighted by atomic mass is 10.2. The second-order valence-corrected chi connectivity index (χ2v) is 3.33. The molecule has 8 heteroatoms. The van der Waals surface area contributed by atoms with Gasteiger partial charge in [-0.2, -0.15) is 13.2 Å². The normalized spacial score (nSPS) is 11.2. The van der Waals surface area contributed by atoms with Crippen LogP contribution in [0.25, 0.3) is 0 Å². The van der Waals surface area contributed by atoms with Crippen LogP contribution in [-0.2, 0) is 4.79 Å². The maximum Gasteiger partial charge on any atom is 0.471 e. The van der Waals surface area contributed by atoms with Crippen molar-refractivity contribution < 1.29 is 32.3 Å². The van der Waals surface area contributed by atoms with E-state index in [-0.39, 0.29) is 10.6 Å². The van der Waals surface area contributed by atoms with Crippen LogP contribution in [0.5, 0.6) is 0 Å². The van der Waals surface area contributed by atoms with Gasteiger partial charge in [0.2, 0.25) is 0 Å². The minimum atomic E-state index is -5.09. The number of aromatic carboxylic acids is 1. The number of amides is 1. The highest BCUT2D eigenvalue weighted by atomic mass is 19.4. The second kappa shape index (κ2) is 4.63. The first-order valence-corrected chi connectivity index (χ1v) is 4.52. The van der Waals surface area contributed by atoms with Crippen molar-refractivity contribution in [3.63, 3.8) is 0 Å². The molecule has 0 radical (unpaired) electrons. The molecule has 0 atom stereocenters. The molecular formula is C10H7F4NO3. The molecule has 0 unspecified atom stereocenters. The van der Waals surface area contributed by atoms with Crippen LogP contribution in [0.2, 0.25) is 0 Å². The third-order valence-electron chi connectivity index (χ3n) is 2.12. The molecule has 1 N–H and O–H groups in total. The molecule has 1 amide bonds. The lowest BCUT2D eigenvalue weighted by Gasteiger charge is -2.19. The van der Waals surface area contributed by atoms with E-state index in [0.717, 1.165) is 19.2 Å². The largest absolute Gasteiger partial charge is 0.478 e. The Labute approximate surface area is 98.4 Å². The van der Waals surface area contributed by atoms with E-state index >= 15 is 0 Å². The molecular weight excluding hydrogens is 258 g/mol. The Morgan fingerprint density at radius 1 is 1.28 bits per heavy atom. The summed E-state index contributed by atoms with van der Waals surface area (Å²) in [5.74, 6) is -4.95. The summed E-state index contributed by atoms with van der Waals surface area (Å²) in [5.41, 5.74) is -1.08. The molecule has 98 valence electrons. The van der Waals surface area contributed by atoms with E-state index in [9.17, 15) is 27.2 Å². The van der Waals surface area contributed by atoms with Crippen molar-refractivity contribution in [3.8, 4) is 0 Å². The summed E-state index contributed by atoms with van der Waals surface area (Å²) in [6.07, 6.45) is -5.09. The van der Waals surface area contributed by atoms with E-state index in [1.165, 1.54) is 0 Å². The lowest BCUT2D eigenvalue weighted by Crippen LogP contribution is -2.38. The van der Waals surface area contributed by atoms with Crippen molar-refractivity contribution in [2.45, 2.75) is 6.18 Å². The lowest BCUT2D eigenvalue weighted by molar-refractivity contribution is -0.170. The summed E-state index contributed by atoms with van der Waals surface area (Å²) in [4.78, 5) is 21.5. The van der Waals surface area contributed by atoms with Gasteiger partial charge in [-0.05, 0) is 18.2 Å². The van der Waals surface area contributed by atoms with Gasteiger partial charge in [-0.15, -0.1) is 0 Å². The smallest absolute Gasteiger partial charge is 0.471 e. The Kier molecular flexibility index (Phi) is 3.59. The van der Waals surface area contributed by atoms with Gasteiger partial charge in [-0.1, -0.05) is 0 Å². The molecule has 0 aromatic heterocycles. The second-order valence-electron chi connectivity index (χ2n) is 3.33. The number of rotatable bonds is 2. The van der Waals surface area contributed by atoms with Crippen LogP contribution in [0.4, 0.5) is 23.2 Å². The van der Waals surface area contributed by atoms with E-state index in [1.807, 2.05) is 0 Å². The van der Waals surface area contributed by atoms with Crippen molar-refractivity contribution in [3.05, 3.63) is 29.6 Å². The van der Waals surface area contributed by atoms with Crippen molar-refractivity contribution in [2.75, 3.05) is 11.9 Å². The van der Waals surface area contributed by atoms with Gasteiger partial charge < -0.3 is 10.0 Å². The summed E-state index contributed by atoms with van der Waals surface area (Å²) in [7, 11) is 0.811. The third-order valence-corrected chi connectivity index (χ3v) is 2.12. The van der Waals surface area contributed by atoms with Crippen molar-refractivity contribution in [2.24, 2.45) is 0 Å². The summed E-state index contributed by atoms with van der Waals surface area (Å²) in [6.45, 7) is 0. The number of carboxylic acids is 1. The number of halogens is 4. The van der Waals surface area contributed by atoms with Gasteiger partial charge in [0.05, 0.1) is 5.56 Å². The van der Waals surface area contributed by atoms with E-state index in [4.69, 9.17) is 5.11 Å². The van der Waals surface area contributed by atoms with Crippen molar-refractivity contribution >= 4 is 17.6 Å². The predicted octanol–water partition coefficient (Wildman–Crippen LogP) is 2.05. The average Bonchev–Trinajstić information content (AvgIpc) is 2.25. The summed E-state index contributed by atoms with van der Waals surface area (Å²) >= 11 is 0. The molecule has 0 heterocycles. The molecule has 0 bridgehead atoms. The van der Waals surface area contributed by atoms with Gasteiger partial charge in [-0.3, -0.25) is 4.79 Å². The number of carbonyl (C=O) groups is 2. The molecule has 0 saturated heterocycles. The average molecular weight is 265 g/mol. The number of anilines is 1. The predicted molar refractivity (Wildman–Crippen MR) is 52.8 cm³/mol. The van der Waals surface area contributed by atoms with Crippen LogP contribution in [-0.4, -0.2) is 30.2 Å². The Hall–Kier alpha value is -2.12. The van der Waals surface area contributed by atoms with Crippen molar-refractivity contribution in [1.82, 2.24) is 0 Å². The fourth-order valence-corrected chi connectivity index (χ4v) is 1.19. The zero-order valence-electron chi connectivity index (χ0n) is 8.95. The standard InChI is InChI=1S/C10H7F4NO3/c1-15(9(18)10(12,13)14)5-2-3-6(8(16)17)7(11)4-5/h2-4H,1H3,(H,16,17). The number of benzene rings is 1. The maximum atomic E-state index is 13.2. The molecule has 0 spiro atoms. The summed E-state index contributed by atoms with van der Waals surface area (Å²) < 4.78 is 49.6. The van der Waals surface area contributed by atoms with Crippen LogP contribution in [0.1, 0.15) is 10.4 Å². The van der Waals surface area contributed by atoms with Gasteiger partial charge in [0, 0.05) is 12.7 Å². The van der Waals surface area contributed by atoms with E-state index in [2.05, 4.69) is 0 Å². The molecule has 1 rings (SSSR count). The maximum absolute atomic E-state index is 13.2. The Morgan fingerprint density at radius 2 is 1.83 bits per heavy atom. The zero-order valence-corrected chi connectivity index (χ0v) is 8.95. The highest BCUT2D eigenvalue weighted by Gasteiger charge is 2.41. The Morgan fingerprint density at radius 3 is 2.22 bits per heavy atom. The molecule has 0 aliphatic carbocycles. The van der Waals surface area contributed by atoms with Crippen molar-refractivity contribution in [1.29, 1.82) is 0 Å².